The Labute approximate surface area is 91.4 Å². The Bertz CT molecular complexity index is 176. The molecule has 0 aromatic rings. The maximum atomic E-state index is 11.3. The van der Waals surface area contributed by atoms with Gasteiger partial charge in [-0.05, 0) is 13.5 Å². The molecule has 1 unspecified atom stereocenters. The van der Waals surface area contributed by atoms with Crippen molar-refractivity contribution in [2.24, 2.45) is 0 Å². The largest absolute Gasteiger partial charge is 0.389 e. The van der Waals surface area contributed by atoms with Crippen LogP contribution in [-0.4, -0.2) is 62.4 Å². The Morgan fingerprint density at radius 2 is 2.27 bits per heavy atom. The third-order valence-electron chi connectivity index (χ3n) is 1.87. The minimum Gasteiger partial charge on any atom is -0.389 e. The third kappa shape index (κ3) is 8.35. The molecule has 0 rings (SSSR count). The van der Waals surface area contributed by atoms with Crippen molar-refractivity contribution in [1.29, 1.82) is 0 Å². The molecule has 0 bridgehead atoms. The van der Waals surface area contributed by atoms with Gasteiger partial charge in [0.1, 0.15) is 0 Å². The van der Waals surface area contributed by atoms with Gasteiger partial charge in [0.2, 0.25) is 5.91 Å². The first-order valence-electron chi connectivity index (χ1n) is 5.22. The van der Waals surface area contributed by atoms with Crippen molar-refractivity contribution in [1.82, 2.24) is 10.2 Å². The van der Waals surface area contributed by atoms with E-state index in [4.69, 9.17) is 4.74 Å². The molecule has 0 aliphatic carbocycles. The monoisotopic (exact) mass is 218 g/mol. The second-order valence-corrected chi connectivity index (χ2v) is 3.66. The predicted octanol–water partition coefficient (Wildman–Crippen LogP) is -0.548. The van der Waals surface area contributed by atoms with Gasteiger partial charge in [-0.1, -0.05) is 6.92 Å². The summed E-state index contributed by atoms with van der Waals surface area (Å²) in [5.74, 6) is -0.0102. The molecule has 0 spiro atoms. The number of likely N-dealkylation sites (N-methyl/N-ethyl adjacent to an activating group) is 1. The van der Waals surface area contributed by atoms with Crippen LogP contribution in [0.1, 0.15) is 13.3 Å². The number of hydrogen-bond acceptors (Lipinski definition) is 4. The van der Waals surface area contributed by atoms with E-state index in [0.717, 1.165) is 6.42 Å². The summed E-state index contributed by atoms with van der Waals surface area (Å²) in [5.41, 5.74) is 0. The number of methoxy groups -OCH3 is 1. The van der Waals surface area contributed by atoms with Crippen molar-refractivity contribution < 1.29 is 14.6 Å². The quantitative estimate of drug-likeness (QED) is 0.574. The van der Waals surface area contributed by atoms with Gasteiger partial charge in [-0.25, -0.2) is 0 Å². The van der Waals surface area contributed by atoms with Gasteiger partial charge >= 0.3 is 0 Å². The fourth-order valence-electron chi connectivity index (χ4n) is 1.23. The lowest BCUT2D eigenvalue weighted by molar-refractivity contribution is -0.122. The maximum absolute atomic E-state index is 11.3. The van der Waals surface area contributed by atoms with E-state index in [9.17, 15) is 9.90 Å². The molecule has 0 radical (unpaired) electrons. The van der Waals surface area contributed by atoms with Crippen LogP contribution in [0.25, 0.3) is 0 Å². The molecule has 0 fully saturated rings. The zero-order chi connectivity index (χ0) is 11.7. The summed E-state index contributed by atoms with van der Waals surface area (Å²) in [6.45, 7) is 3.74. The smallest absolute Gasteiger partial charge is 0.234 e. The second-order valence-electron chi connectivity index (χ2n) is 3.66. The van der Waals surface area contributed by atoms with Crippen molar-refractivity contribution >= 4 is 5.91 Å². The molecule has 0 aliphatic heterocycles. The number of amides is 1. The Kier molecular flexibility index (Phi) is 8.27. The molecule has 2 N–H and O–H groups in total. The molecule has 0 aromatic heterocycles. The van der Waals surface area contributed by atoms with Crippen LogP contribution in [0.5, 0.6) is 0 Å². The van der Waals surface area contributed by atoms with E-state index in [1.54, 1.807) is 11.9 Å². The second kappa shape index (κ2) is 8.64. The summed E-state index contributed by atoms with van der Waals surface area (Å²) in [5, 5.41) is 12.2. The number of aliphatic hydroxyl groups excluding tert-OH is 1. The highest BCUT2D eigenvalue weighted by Crippen LogP contribution is 1.90. The topological polar surface area (TPSA) is 61.8 Å². The fourth-order valence-corrected chi connectivity index (χ4v) is 1.23. The summed E-state index contributed by atoms with van der Waals surface area (Å²) in [7, 11) is 3.33. The average Bonchev–Trinajstić information content (AvgIpc) is 2.14. The standard InChI is InChI=1S/C10H22N2O3/c1-4-5-11-10(14)7-12(2)6-9(13)8-15-3/h9,13H,4-8H2,1-3H3,(H,11,14). The lowest BCUT2D eigenvalue weighted by Crippen LogP contribution is -2.39. The van der Waals surface area contributed by atoms with Crippen LogP contribution in [0.4, 0.5) is 0 Å². The Morgan fingerprint density at radius 1 is 1.60 bits per heavy atom. The van der Waals surface area contributed by atoms with Gasteiger partial charge in [0, 0.05) is 20.2 Å². The number of hydrogen-bond donors (Lipinski definition) is 2. The SMILES string of the molecule is CCCNC(=O)CN(C)CC(O)COC. The number of rotatable bonds is 8. The number of nitrogens with one attached hydrogen (secondary N) is 1. The van der Waals surface area contributed by atoms with Crippen molar-refractivity contribution in [2.75, 3.05) is 40.4 Å². The fraction of sp³-hybridized carbons (Fsp3) is 0.900. The Hall–Kier alpha value is -0.650. The van der Waals surface area contributed by atoms with Gasteiger partial charge in [-0.15, -0.1) is 0 Å². The number of aliphatic hydroxyl groups is 1. The molecule has 0 heterocycles. The Balaban J connectivity index is 3.62. The van der Waals surface area contributed by atoms with Gasteiger partial charge in [-0.2, -0.15) is 0 Å². The zero-order valence-corrected chi connectivity index (χ0v) is 9.82. The molecule has 1 amide bonds. The molecule has 0 aliphatic rings. The molecule has 90 valence electrons. The van der Waals surface area contributed by atoms with Crippen molar-refractivity contribution in [3.8, 4) is 0 Å². The molecule has 0 saturated heterocycles. The van der Waals surface area contributed by atoms with Gasteiger partial charge in [0.05, 0.1) is 19.3 Å². The minimum atomic E-state index is -0.543. The van der Waals surface area contributed by atoms with E-state index in [-0.39, 0.29) is 5.91 Å². The van der Waals surface area contributed by atoms with E-state index in [1.165, 1.54) is 7.11 Å². The first-order chi connectivity index (χ1) is 7.10. The summed E-state index contributed by atoms with van der Waals surface area (Å²) in [6.07, 6.45) is 0.390. The molecular formula is C10H22N2O3. The van der Waals surface area contributed by atoms with Crippen LogP contribution in [0.3, 0.4) is 0 Å². The van der Waals surface area contributed by atoms with E-state index >= 15 is 0 Å². The minimum absolute atomic E-state index is 0.0102. The van der Waals surface area contributed by atoms with Gasteiger partial charge in [0.15, 0.2) is 0 Å². The molecule has 15 heavy (non-hydrogen) atoms. The van der Waals surface area contributed by atoms with E-state index in [0.29, 0.717) is 26.2 Å². The predicted molar refractivity (Wildman–Crippen MR) is 58.7 cm³/mol. The van der Waals surface area contributed by atoms with Crippen molar-refractivity contribution in [2.45, 2.75) is 19.4 Å². The maximum Gasteiger partial charge on any atom is 0.234 e. The molecule has 0 aromatic carbocycles. The molecule has 5 heteroatoms. The highest BCUT2D eigenvalue weighted by atomic mass is 16.5. The average molecular weight is 218 g/mol. The van der Waals surface area contributed by atoms with Crippen LogP contribution in [0.15, 0.2) is 0 Å². The summed E-state index contributed by atoms with van der Waals surface area (Å²) in [6, 6.07) is 0. The molecule has 1 atom stereocenters. The van der Waals surface area contributed by atoms with Crippen molar-refractivity contribution in [3.63, 3.8) is 0 Å². The summed E-state index contributed by atoms with van der Waals surface area (Å²) >= 11 is 0. The zero-order valence-electron chi connectivity index (χ0n) is 9.82. The highest BCUT2D eigenvalue weighted by molar-refractivity contribution is 5.77. The van der Waals surface area contributed by atoms with E-state index in [2.05, 4.69) is 5.32 Å². The lowest BCUT2D eigenvalue weighted by atomic mass is 10.3. The number of ether oxygens (including phenoxy) is 1. The number of carbonyl (C=O) groups is 1. The first-order valence-corrected chi connectivity index (χ1v) is 5.22. The van der Waals surface area contributed by atoms with Crippen molar-refractivity contribution in [3.05, 3.63) is 0 Å². The normalized spacial score (nSPS) is 12.9. The van der Waals surface area contributed by atoms with Crippen LogP contribution >= 0.6 is 0 Å². The molecule has 0 saturated carbocycles. The highest BCUT2D eigenvalue weighted by Gasteiger charge is 2.10. The van der Waals surface area contributed by atoms with Crippen LogP contribution < -0.4 is 5.32 Å². The lowest BCUT2D eigenvalue weighted by Gasteiger charge is -2.19. The molecular weight excluding hydrogens is 196 g/mol. The Morgan fingerprint density at radius 3 is 2.80 bits per heavy atom. The number of nitrogens with zero attached hydrogens (tertiary/aromatic N) is 1. The van der Waals surface area contributed by atoms with Gasteiger partial charge < -0.3 is 15.2 Å². The summed E-state index contributed by atoms with van der Waals surface area (Å²) in [4.78, 5) is 13.1. The molecule has 5 nitrogen and oxygen atoms in total. The van der Waals surface area contributed by atoms with Crippen LogP contribution in [0.2, 0.25) is 0 Å². The summed E-state index contributed by atoms with van der Waals surface area (Å²) < 4.78 is 4.80. The van der Waals surface area contributed by atoms with Crippen LogP contribution in [0, 0.1) is 0 Å². The number of carbonyl (C=O) groups excluding carboxylic acids is 1. The van der Waals surface area contributed by atoms with E-state index < -0.39 is 6.10 Å². The first kappa shape index (κ1) is 14.3. The van der Waals surface area contributed by atoms with Gasteiger partial charge in [0.25, 0.3) is 0 Å². The van der Waals surface area contributed by atoms with E-state index in [1.807, 2.05) is 6.92 Å². The van der Waals surface area contributed by atoms with Crippen LogP contribution in [-0.2, 0) is 9.53 Å². The van der Waals surface area contributed by atoms with Gasteiger partial charge in [-0.3, -0.25) is 9.69 Å². The third-order valence-corrected chi connectivity index (χ3v) is 1.87.